The molecule has 11 heavy (non-hydrogen) atoms. The Morgan fingerprint density at radius 2 is 2.45 bits per heavy atom. The summed E-state index contributed by atoms with van der Waals surface area (Å²) in [5, 5.41) is 0. The zero-order chi connectivity index (χ0) is 8.32. The summed E-state index contributed by atoms with van der Waals surface area (Å²) >= 11 is 5.71. The van der Waals surface area contributed by atoms with E-state index < -0.39 is 0 Å². The molecule has 2 nitrogen and oxygen atoms in total. The largest absolute Gasteiger partial charge is 0.382 e. The summed E-state index contributed by atoms with van der Waals surface area (Å²) in [7, 11) is 1.70. The Morgan fingerprint density at radius 1 is 1.73 bits per heavy atom. The van der Waals surface area contributed by atoms with Crippen LogP contribution < -0.4 is 0 Å². The summed E-state index contributed by atoms with van der Waals surface area (Å²) in [6.45, 7) is 3.52. The molecule has 0 amide bonds. The Bertz CT molecular complexity index is 129. The van der Waals surface area contributed by atoms with Crippen molar-refractivity contribution < 1.29 is 9.47 Å². The van der Waals surface area contributed by atoms with E-state index in [1.807, 2.05) is 0 Å². The molecule has 2 atom stereocenters. The first-order chi connectivity index (χ1) is 5.20. The summed E-state index contributed by atoms with van der Waals surface area (Å²) in [6.07, 6.45) is 1.02. The zero-order valence-corrected chi connectivity index (χ0v) is 7.86. The van der Waals surface area contributed by atoms with E-state index >= 15 is 0 Å². The number of hydrogen-bond acceptors (Lipinski definition) is 2. The van der Waals surface area contributed by atoms with Crippen LogP contribution >= 0.6 is 11.6 Å². The predicted molar refractivity (Wildman–Crippen MR) is 45.1 cm³/mol. The molecule has 0 unspecified atom stereocenters. The quantitative estimate of drug-likeness (QED) is 0.613. The molecule has 1 aliphatic rings. The first-order valence-corrected chi connectivity index (χ1v) is 4.42. The number of rotatable bonds is 3. The van der Waals surface area contributed by atoms with Gasteiger partial charge in [0, 0.05) is 13.0 Å². The van der Waals surface area contributed by atoms with E-state index in [4.69, 9.17) is 21.1 Å². The fourth-order valence-electron chi connectivity index (χ4n) is 1.55. The number of alkyl halides is 1. The van der Waals surface area contributed by atoms with Crippen molar-refractivity contribution in [1.82, 2.24) is 0 Å². The standard InChI is InChI=1S/C8H15ClO2/c1-8(6-10-2)3-7(4-9)5-11-8/h7H,3-6H2,1-2H3/t7-,8+/m1/s1. The second-order valence-corrected chi connectivity index (χ2v) is 3.73. The average Bonchev–Trinajstić information content (AvgIpc) is 2.33. The van der Waals surface area contributed by atoms with Crippen LogP contribution in [0.25, 0.3) is 0 Å². The molecule has 0 aromatic heterocycles. The molecule has 3 heteroatoms. The van der Waals surface area contributed by atoms with E-state index in [9.17, 15) is 0 Å². The minimum Gasteiger partial charge on any atom is -0.382 e. The van der Waals surface area contributed by atoms with Crippen LogP contribution in [0.1, 0.15) is 13.3 Å². The third kappa shape index (κ3) is 2.32. The summed E-state index contributed by atoms with van der Waals surface area (Å²) in [5.41, 5.74) is -0.0890. The van der Waals surface area contributed by atoms with Gasteiger partial charge in [-0.15, -0.1) is 11.6 Å². The Hall–Kier alpha value is 0.210. The normalized spacial score (nSPS) is 37.9. The van der Waals surface area contributed by atoms with Gasteiger partial charge in [-0.1, -0.05) is 0 Å². The van der Waals surface area contributed by atoms with Crippen molar-refractivity contribution in [3.05, 3.63) is 0 Å². The van der Waals surface area contributed by atoms with E-state index in [0.29, 0.717) is 18.4 Å². The SMILES string of the molecule is COC[C@]1(C)C[C@H](CCl)CO1. The van der Waals surface area contributed by atoms with Gasteiger partial charge in [0.05, 0.1) is 18.8 Å². The van der Waals surface area contributed by atoms with Gasteiger partial charge < -0.3 is 9.47 Å². The number of ether oxygens (including phenoxy) is 2. The molecule has 1 heterocycles. The molecule has 1 aliphatic heterocycles. The minimum atomic E-state index is -0.0890. The van der Waals surface area contributed by atoms with Gasteiger partial charge in [0.25, 0.3) is 0 Å². The van der Waals surface area contributed by atoms with Crippen LogP contribution in [0.2, 0.25) is 0 Å². The molecule has 0 aliphatic carbocycles. The molecule has 1 rings (SSSR count). The molecule has 66 valence electrons. The lowest BCUT2D eigenvalue weighted by Crippen LogP contribution is -2.29. The van der Waals surface area contributed by atoms with Crippen molar-refractivity contribution in [3.8, 4) is 0 Å². The molecular formula is C8H15ClO2. The Balaban J connectivity index is 2.37. The van der Waals surface area contributed by atoms with Crippen molar-refractivity contribution in [2.45, 2.75) is 18.9 Å². The lowest BCUT2D eigenvalue weighted by atomic mass is 9.98. The lowest BCUT2D eigenvalue weighted by molar-refractivity contribution is -0.0380. The van der Waals surface area contributed by atoms with E-state index in [1.165, 1.54) is 0 Å². The van der Waals surface area contributed by atoms with E-state index in [1.54, 1.807) is 7.11 Å². The lowest BCUT2D eigenvalue weighted by Gasteiger charge is -2.21. The Labute approximate surface area is 72.8 Å². The minimum absolute atomic E-state index is 0.0890. The number of halogens is 1. The van der Waals surface area contributed by atoms with E-state index in [0.717, 1.165) is 13.0 Å². The molecule has 0 aromatic rings. The highest BCUT2D eigenvalue weighted by molar-refractivity contribution is 6.18. The van der Waals surface area contributed by atoms with Gasteiger partial charge in [0.15, 0.2) is 0 Å². The zero-order valence-electron chi connectivity index (χ0n) is 7.10. The second-order valence-electron chi connectivity index (χ2n) is 3.42. The molecule has 0 radical (unpaired) electrons. The number of hydrogen-bond donors (Lipinski definition) is 0. The molecule has 0 spiro atoms. The van der Waals surface area contributed by atoms with Crippen molar-refractivity contribution in [2.75, 3.05) is 26.2 Å². The summed E-state index contributed by atoms with van der Waals surface area (Å²) < 4.78 is 10.6. The summed E-state index contributed by atoms with van der Waals surface area (Å²) in [4.78, 5) is 0. The van der Waals surface area contributed by atoms with Gasteiger partial charge in [-0.2, -0.15) is 0 Å². The highest BCUT2D eigenvalue weighted by atomic mass is 35.5. The van der Waals surface area contributed by atoms with E-state index in [-0.39, 0.29) is 5.60 Å². The number of methoxy groups -OCH3 is 1. The van der Waals surface area contributed by atoms with Crippen molar-refractivity contribution >= 4 is 11.6 Å². The second kappa shape index (κ2) is 3.74. The van der Waals surface area contributed by atoms with Gasteiger partial charge >= 0.3 is 0 Å². The molecule has 0 saturated carbocycles. The maximum atomic E-state index is 5.71. The van der Waals surface area contributed by atoms with Crippen LogP contribution in [-0.2, 0) is 9.47 Å². The fraction of sp³-hybridized carbons (Fsp3) is 1.00. The molecular weight excluding hydrogens is 164 g/mol. The highest BCUT2D eigenvalue weighted by Gasteiger charge is 2.35. The fourth-order valence-corrected chi connectivity index (χ4v) is 1.75. The average molecular weight is 179 g/mol. The van der Waals surface area contributed by atoms with Crippen LogP contribution in [0.5, 0.6) is 0 Å². The maximum absolute atomic E-state index is 5.71. The van der Waals surface area contributed by atoms with Gasteiger partial charge in [-0.25, -0.2) is 0 Å². The Kier molecular flexibility index (Phi) is 3.16. The van der Waals surface area contributed by atoms with Crippen LogP contribution in [0.3, 0.4) is 0 Å². The molecule has 0 N–H and O–H groups in total. The molecule has 1 fully saturated rings. The molecule has 0 bridgehead atoms. The first-order valence-electron chi connectivity index (χ1n) is 3.89. The molecule has 1 saturated heterocycles. The van der Waals surface area contributed by atoms with Crippen molar-refractivity contribution in [3.63, 3.8) is 0 Å². The first kappa shape index (κ1) is 9.30. The van der Waals surface area contributed by atoms with Crippen LogP contribution in [0.15, 0.2) is 0 Å². The highest BCUT2D eigenvalue weighted by Crippen LogP contribution is 2.30. The summed E-state index contributed by atoms with van der Waals surface area (Å²) in [6, 6.07) is 0. The van der Waals surface area contributed by atoms with Crippen LogP contribution in [0.4, 0.5) is 0 Å². The monoisotopic (exact) mass is 178 g/mol. The van der Waals surface area contributed by atoms with Crippen LogP contribution in [0, 0.1) is 5.92 Å². The smallest absolute Gasteiger partial charge is 0.0890 e. The van der Waals surface area contributed by atoms with Crippen molar-refractivity contribution in [1.29, 1.82) is 0 Å². The third-order valence-corrected chi connectivity index (χ3v) is 2.49. The van der Waals surface area contributed by atoms with Gasteiger partial charge in [-0.05, 0) is 19.3 Å². The summed E-state index contributed by atoms with van der Waals surface area (Å²) in [5.74, 6) is 1.20. The van der Waals surface area contributed by atoms with Gasteiger partial charge in [0.2, 0.25) is 0 Å². The van der Waals surface area contributed by atoms with Crippen molar-refractivity contribution in [2.24, 2.45) is 5.92 Å². The van der Waals surface area contributed by atoms with Gasteiger partial charge in [0.1, 0.15) is 0 Å². The topological polar surface area (TPSA) is 18.5 Å². The predicted octanol–water partition coefficient (Wildman–Crippen LogP) is 1.67. The maximum Gasteiger partial charge on any atom is 0.0890 e. The van der Waals surface area contributed by atoms with Crippen LogP contribution in [-0.4, -0.2) is 31.8 Å². The molecule has 0 aromatic carbocycles. The Morgan fingerprint density at radius 3 is 2.91 bits per heavy atom. The van der Waals surface area contributed by atoms with E-state index in [2.05, 4.69) is 6.92 Å². The third-order valence-electron chi connectivity index (χ3n) is 2.06. The van der Waals surface area contributed by atoms with Gasteiger partial charge in [-0.3, -0.25) is 0 Å².